The monoisotopic (exact) mass is 329 g/mol. The molecule has 1 aliphatic rings. The first-order valence-corrected chi connectivity index (χ1v) is 8.28. The van der Waals surface area contributed by atoms with Crippen molar-refractivity contribution in [2.75, 3.05) is 38.1 Å². The normalized spacial score (nSPS) is 15.9. The molecule has 0 aromatic heterocycles. The SMILES string of the molecule is C=CC(=O)N(C)c1ccc(C(=O)N2CCN(C(C)(C)C)CC2)cc1. The van der Waals surface area contributed by atoms with Crippen LogP contribution in [0.25, 0.3) is 0 Å². The molecule has 0 saturated carbocycles. The van der Waals surface area contributed by atoms with Gasteiger partial charge in [-0.05, 0) is 51.1 Å². The second kappa shape index (κ2) is 7.18. The van der Waals surface area contributed by atoms with Gasteiger partial charge in [-0.3, -0.25) is 14.5 Å². The summed E-state index contributed by atoms with van der Waals surface area (Å²) < 4.78 is 0. The number of carbonyl (C=O) groups excluding carboxylic acids is 2. The number of piperazine rings is 1. The van der Waals surface area contributed by atoms with Crippen molar-refractivity contribution in [3.8, 4) is 0 Å². The predicted molar refractivity (Wildman–Crippen MR) is 97.3 cm³/mol. The number of hydrogen-bond donors (Lipinski definition) is 0. The van der Waals surface area contributed by atoms with E-state index in [1.807, 2.05) is 4.90 Å². The van der Waals surface area contributed by atoms with Crippen molar-refractivity contribution >= 4 is 17.5 Å². The highest BCUT2D eigenvalue weighted by Gasteiger charge is 2.28. The van der Waals surface area contributed by atoms with Crippen molar-refractivity contribution in [3.63, 3.8) is 0 Å². The first-order valence-electron chi connectivity index (χ1n) is 8.28. The summed E-state index contributed by atoms with van der Waals surface area (Å²) in [7, 11) is 1.69. The van der Waals surface area contributed by atoms with Crippen LogP contribution >= 0.6 is 0 Å². The fraction of sp³-hybridized carbons (Fsp3) is 0.474. The lowest BCUT2D eigenvalue weighted by molar-refractivity contribution is -0.113. The Morgan fingerprint density at radius 2 is 1.62 bits per heavy atom. The summed E-state index contributed by atoms with van der Waals surface area (Å²) in [5.41, 5.74) is 1.54. The van der Waals surface area contributed by atoms with Gasteiger partial charge in [-0.2, -0.15) is 0 Å². The molecule has 0 bridgehead atoms. The number of hydrogen-bond acceptors (Lipinski definition) is 3. The van der Waals surface area contributed by atoms with E-state index in [2.05, 4.69) is 32.3 Å². The molecule has 1 aromatic carbocycles. The first-order chi connectivity index (χ1) is 11.2. The van der Waals surface area contributed by atoms with Crippen molar-refractivity contribution in [2.45, 2.75) is 26.3 Å². The molecule has 0 atom stereocenters. The number of rotatable bonds is 3. The van der Waals surface area contributed by atoms with Crippen LogP contribution in [-0.2, 0) is 4.79 Å². The number of anilines is 1. The maximum absolute atomic E-state index is 12.6. The van der Waals surface area contributed by atoms with E-state index in [9.17, 15) is 9.59 Å². The fourth-order valence-corrected chi connectivity index (χ4v) is 2.85. The Labute approximate surface area is 144 Å². The summed E-state index contributed by atoms with van der Waals surface area (Å²) in [6, 6.07) is 7.14. The van der Waals surface area contributed by atoms with E-state index in [0.717, 1.165) is 31.9 Å². The Hall–Kier alpha value is -2.14. The molecule has 24 heavy (non-hydrogen) atoms. The minimum absolute atomic E-state index is 0.0489. The Kier molecular flexibility index (Phi) is 5.44. The van der Waals surface area contributed by atoms with Gasteiger partial charge in [0.1, 0.15) is 0 Å². The van der Waals surface area contributed by atoms with Gasteiger partial charge in [-0.25, -0.2) is 0 Å². The van der Waals surface area contributed by atoms with Gasteiger partial charge < -0.3 is 9.80 Å². The van der Waals surface area contributed by atoms with Crippen molar-refractivity contribution in [1.82, 2.24) is 9.80 Å². The molecule has 1 saturated heterocycles. The zero-order valence-electron chi connectivity index (χ0n) is 15.1. The maximum Gasteiger partial charge on any atom is 0.253 e. The van der Waals surface area contributed by atoms with Crippen LogP contribution in [0.1, 0.15) is 31.1 Å². The van der Waals surface area contributed by atoms with E-state index in [0.29, 0.717) is 5.56 Å². The zero-order valence-corrected chi connectivity index (χ0v) is 15.1. The lowest BCUT2D eigenvalue weighted by atomic mass is 10.0. The topological polar surface area (TPSA) is 43.9 Å². The van der Waals surface area contributed by atoms with Crippen molar-refractivity contribution in [2.24, 2.45) is 0 Å². The van der Waals surface area contributed by atoms with Gasteiger partial charge in [-0.1, -0.05) is 6.58 Å². The molecule has 0 radical (unpaired) electrons. The molecule has 1 aliphatic heterocycles. The number of carbonyl (C=O) groups is 2. The van der Waals surface area contributed by atoms with Crippen LogP contribution in [0, 0.1) is 0 Å². The highest BCUT2D eigenvalue weighted by atomic mass is 16.2. The number of likely N-dealkylation sites (N-methyl/N-ethyl adjacent to an activating group) is 1. The van der Waals surface area contributed by atoms with Gasteiger partial charge in [0, 0.05) is 50.0 Å². The lowest BCUT2D eigenvalue weighted by Gasteiger charge is -2.42. The van der Waals surface area contributed by atoms with Gasteiger partial charge in [0.2, 0.25) is 5.91 Å². The van der Waals surface area contributed by atoms with Gasteiger partial charge in [0.05, 0.1) is 0 Å². The second-order valence-electron chi connectivity index (χ2n) is 7.10. The van der Waals surface area contributed by atoms with Gasteiger partial charge in [0.15, 0.2) is 0 Å². The molecule has 1 aromatic rings. The molecule has 130 valence electrons. The maximum atomic E-state index is 12.6. The van der Waals surface area contributed by atoms with E-state index in [1.54, 1.807) is 31.3 Å². The lowest BCUT2D eigenvalue weighted by Crippen LogP contribution is -2.54. The van der Waals surface area contributed by atoms with E-state index in [4.69, 9.17) is 0 Å². The van der Waals surface area contributed by atoms with Crippen LogP contribution in [0.5, 0.6) is 0 Å². The van der Waals surface area contributed by atoms with E-state index in [-0.39, 0.29) is 17.4 Å². The second-order valence-corrected chi connectivity index (χ2v) is 7.10. The standard InChI is InChI=1S/C19H27N3O2/c1-6-17(23)20(5)16-9-7-15(8-10-16)18(24)21-11-13-22(14-12-21)19(2,3)4/h6-10H,1,11-14H2,2-5H3. The first kappa shape index (κ1) is 18.2. The summed E-state index contributed by atoms with van der Waals surface area (Å²) in [5.74, 6) is -0.125. The fourth-order valence-electron chi connectivity index (χ4n) is 2.85. The van der Waals surface area contributed by atoms with Crippen molar-refractivity contribution in [3.05, 3.63) is 42.5 Å². The van der Waals surface area contributed by atoms with Crippen molar-refractivity contribution in [1.29, 1.82) is 0 Å². The molecular formula is C19H27N3O2. The predicted octanol–water partition coefficient (Wildman–Crippen LogP) is 2.39. The highest BCUT2D eigenvalue weighted by Crippen LogP contribution is 2.19. The van der Waals surface area contributed by atoms with Crippen molar-refractivity contribution < 1.29 is 9.59 Å². The third-order valence-electron chi connectivity index (χ3n) is 4.52. The highest BCUT2D eigenvalue weighted by molar-refractivity contribution is 6.01. The third kappa shape index (κ3) is 4.03. The van der Waals surface area contributed by atoms with Gasteiger partial charge in [0.25, 0.3) is 5.91 Å². The van der Waals surface area contributed by atoms with Crippen LogP contribution in [-0.4, -0.2) is 60.4 Å². The summed E-state index contributed by atoms with van der Waals surface area (Å²) in [6.45, 7) is 13.3. The van der Waals surface area contributed by atoms with Gasteiger partial charge >= 0.3 is 0 Å². The van der Waals surface area contributed by atoms with Crippen LogP contribution < -0.4 is 4.90 Å². The minimum atomic E-state index is -0.174. The van der Waals surface area contributed by atoms with Gasteiger partial charge in [-0.15, -0.1) is 0 Å². The quantitative estimate of drug-likeness (QED) is 0.800. The Bertz CT molecular complexity index is 608. The molecule has 0 spiro atoms. The summed E-state index contributed by atoms with van der Waals surface area (Å²) in [6.07, 6.45) is 1.27. The van der Waals surface area contributed by atoms with E-state index >= 15 is 0 Å². The molecule has 2 amide bonds. The summed E-state index contributed by atoms with van der Waals surface area (Å²) >= 11 is 0. The average molecular weight is 329 g/mol. The molecule has 1 fully saturated rings. The number of nitrogens with zero attached hydrogens (tertiary/aromatic N) is 3. The zero-order chi connectivity index (χ0) is 17.9. The molecule has 1 heterocycles. The van der Waals surface area contributed by atoms with Crippen LogP contribution in [0.15, 0.2) is 36.9 Å². The molecule has 0 aliphatic carbocycles. The molecule has 2 rings (SSSR count). The molecule has 5 heteroatoms. The van der Waals surface area contributed by atoms with Crippen LogP contribution in [0.2, 0.25) is 0 Å². The molecule has 5 nitrogen and oxygen atoms in total. The molecular weight excluding hydrogens is 302 g/mol. The number of benzene rings is 1. The smallest absolute Gasteiger partial charge is 0.253 e. The Balaban J connectivity index is 2.01. The Morgan fingerprint density at radius 1 is 1.08 bits per heavy atom. The number of amides is 2. The van der Waals surface area contributed by atoms with Crippen LogP contribution in [0.4, 0.5) is 5.69 Å². The van der Waals surface area contributed by atoms with E-state index < -0.39 is 0 Å². The van der Waals surface area contributed by atoms with E-state index in [1.165, 1.54) is 11.0 Å². The Morgan fingerprint density at radius 3 is 2.08 bits per heavy atom. The summed E-state index contributed by atoms with van der Waals surface area (Å²) in [5, 5.41) is 0. The third-order valence-corrected chi connectivity index (χ3v) is 4.52. The largest absolute Gasteiger partial charge is 0.336 e. The van der Waals surface area contributed by atoms with Crippen LogP contribution in [0.3, 0.4) is 0 Å². The average Bonchev–Trinajstić information content (AvgIpc) is 2.59. The molecule has 0 unspecified atom stereocenters. The molecule has 0 N–H and O–H groups in total. The summed E-state index contributed by atoms with van der Waals surface area (Å²) in [4.78, 5) is 30.1. The minimum Gasteiger partial charge on any atom is -0.336 e.